The minimum absolute atomic E-state index is 0.0992. The molecule has 0 spiro atoms. The Morgan fingerprint density at radius 1 is 1.50 bits per heavy atom. The van der Waals surface area contributed by atoms with Crippen LogP contribution in [0, 0.1) is 5.82 Å². The Morgan fingerprint density at radius 2 is 2.30 bits per heavy atom. The van der Waals surface area contributed by atoms with Crippen LogP contribution in [0.2, 0.25) is 5.02 Å². The summed E-state index contributed by atoms with van der Waals surface area (Å²) in [6.45, 7) is 3.87. The van der Waals surface area contributed by atoms with Crippen molar-refractivity contribution in [3.63, 3.8) is 0 Å². The number of carbonyl (C=O) groups is 2. The van der Waals surface area contributed by atoms with E-state index in [-0.39, 0.29) is 23.5 Å². The molecular weight excluding hydrogens is 453 g/mol. The normalized spacial score (nSPS) is 17.1. The fourth-order valence-corrected chi connectivity index (χ4v) is 5.06. The molecule has 2 heterocycles. The quantitative estimate of drug-likeness (QED) is 0.589. The molecule has 162 valence electrons. The number of halogens is 2. The summed E-state index contributed by atoms with van der Waals surface area (Å²) in [5.74, 6) is -1.52. The van der Waals surface area contributed by atoms with Crippen LogP contribution < -0.4 is 0 Å². The molecule has 2 aromatic rings. The number of aliphatic carboxylic acids is 1. The van der Waals surface area contributed by atoms with Gasteiger partial charge in [0.15, 0.2) is 4.34 Å². The number of amides is 1. The zero-order valence-electron chi connectivity index (χ0n) is 16.2. The monoisotopic (exact) mass is 473 g/mol. The summed E-state index contributed by atoms with van der Waals surface area (Å²) in [6, 6.07) is 4.95. The smallest absolute Gasteiger partial charge is 0.309 e. The average Bonchev–Trinajstić information content (AvgIpc) is 3.11. The molecule has 0 bridgehead atoms. The minimum Gasteiger partial charge on any atom is -0.481 e. The van der Waals surface area contributed by atoms with Crippen molar-refractivity contribution in [3.05, 3.63) is 45.7 Å². The van der Waals surface area contributed by atoms with E-state index in [4.69, 9.17) is 21.4 Å². The first-order valence-corrected chi connectivity index (χ1v) is 11.2. The number of aromatic nitrogens is 1. The Hall–Kier alpha value is -1.72. The van der Waals surface area contributed by atoms with E-state index >= 15 is 0 Å². The van der Waals surface area contributed by atoms with Gasteiger partial charge in [0.2, 0.25) is 5.91 Å². The number of nitrogens with zero attached hydrogens (tertiary/aromatic N) is 3. The number of rotatable bonds is 8. The number of benzene rings is 1. The van der Waals surface area contributed by atoms with Gasteiger partial charge in [-0.2, -0.15) is 0 Å². The van der Waals surface area contributed by atoms with Gasteiger partial charge >= 0.3 is 5.97 Å². The highest BCUT2D eigenvalue weighted by Gasteiger charge is 2.26. The highest BCUT2D eigenvalue weighted by Crippen LogP contribution is 2.28. The van der Waals surface area contributed by atoms with E-state index in [0.717, 1.165) is 0 Å². The highest BCUT2D eigenvalue weighted by atomic mass is 35.5. The summed E-state index contributed by atoms with van der Waals surface area (Å²) in [4.78, 5) is 29.3. The van der Waals surface area contributed by atoms with Crippen LogP contribution in [0.5, 0.6) is 0 Å². The van der Waals surface area contributed by atoms with Crippen molar-refractivity contribution in [1.82, 2.24) is 14.2 Å². The Kier molecular flexibility index (Phi) is 8.06. The second-order valence-corrected chi connectivity index (χ2v) is 9.32. The van der Waals surface area contributed by atoms with E-state index in [9.17, 15) is 14.0 Å². The van der Waals surface area contributed by atoms with Crippen molar-refractivity contribution in [2.45, 2.75) is 30.3 Å². The second-order valence-electron chi connectivity index (χ2n) is 6.79. The maximum atomic E-state index is 14.2. The van der Waals surface area contributed by atoms with Crippen molar-refractivity contribution in [2.24, 2.45) is 0 Å². The van der Waals surface area contributed by atoms with Gasteiger partial charge in [0.25, 0.3) is 0 Å². The van der Waals surface area contributed by atoms with E-state index in [1.807, 2.05) is 0 Å². The Balaban J connectivity index is 1.59. The number of carbonyl (C=O) groups excluding carboxylic acids is 1. The third kappa shape index (κ3) is 6.39. The van der Waals surface area contributed by atoms with Crippen LogP contribution in [0.1, 0.15) is 18.2 Å². The molecule has 3 rings (SSSR count). The lowest BCUT2D eigenvalue weighted by Crippen LogP contribution is -2.46. The SMILES string of the molecule is CC(=O)N(C[C@@H]1CN(Cc2cccc(Cl)c2F)CCO1)Sc1nc(CC(=O)O)cs1. The highest BCUT2D eigenvalue weighted by molar-refractivity contribution is 7.99. The van der Waals surface area contributed by atoms with Gasteiger partial charge < -0.3 is 9.84 Å². The molecule has 1 aromatic heterocycles. The zero-order valence-corrected chi connectivity index (χ0v) is 18.6. The molecule has 1 aliphatic heterocycles. The van der Waals surface area contributed by atoms with Crippen LogP contribution in [0.4, 0.5) is 4.39 Å². The number of carboxylic acids is 1. The molecule has 11 heteroatoms. The molecule has 7 nitrogen and oxygen atoms in total. The fourth-order valence-electron chi connectivity index (χ4n) is 3.02. The van der Waals surface area contributed by atoms with Gasteiger partial charge in [-0.15, -0.1) is 11.3 Å². The standard InChI is InChI=1S/C19H21ClFN3O4S2/c1-12(25)24(30-19-22-14(11-29-19)7-17(26)27)10-15-9-23(5-6-28-15)8-13-3-2-4-16(20)18(13)21/h2-4,11,15H,5-10H2,1H3,(H,26,27)/t15-/m0/s1. The van der Waals surface area contributed by atoms with Gasteiger partial charge in [-0.05, 0) is 6.07 Å². The first-order valence-electron chi connectivity index (χ1n) is 9.21. The lowest BCUT2D eigenvalue weighted by Gasteiger charge is -2.35. The third-order valence-electron chi connectivity index (χ3n) is 4.42. The number of ether oxygens (including phenoxy) is 1. The van der Waals surface area contributed by atoms with Crippen LogP contribution >= 0.6 is 34.9 Å². The number of morpholine rings is 1. The minimum atomic E-state index is -0.952. The summed E-state index contributed by atoms with van der Waals surface area (Å²) >= 11 is 8.33. The summed E-state index contributed by atoms with van der Waals surface area (Å²) in [5, 5.41) is 10.6. The number of hydrogen-bond donors (Lipinski definition) is 1. The van der Waals surface area contributed by atoms with E-state index in [1.54, 1.807) is 21.8 Å². The maximum Gasteiger partial charge on any atom is 0.309 e. The van der Waals surface area contributed by atoms with Crippen LogP contribution in [0.15, 0.2) is 27.9 Å². The van der Waals surface area contributed by atoms with Crippen molar-refractivity contribution in [3.8, 4) is 0 Å². The lowest BCUT2D eigenvalue weighted by atomic mass is 10.1. The molecule has 1 amide bonds. The second kappa shape index (κ2) is 10.5. The van der Waals surface area contributed by atoms with Crippen LogP contribution in [-0.2, 0) is 27.3 Å². The molecule has 30 heavy (non-hydrogen) atoms. The first-order chi connectivity index (χ1) is 14.3. The van der Waals surface area contributed by atoms with Gasteiger partial charge in [0, 0.05) is 49.4 Å². The van der Waals surface area contributed by atoms with Crippen molar-refractivity contribution < 1.29 is 23.8 Å². The summed E-state index contributed by atoms with van der Waals surface area (Å²) < 4.78 is 22.2. The Morgan fingerprint density at radius 3 is 3.03 bits per heavy atom. The molecule has 1 fully saturated rings. The molecule has 0 unspecified atom stereocenters. The molecule has 1 aromatic carbocycles. The summed E-state index contributed by atoms with van der Waals surface area (Å²) in [6.07, 6.45) is -0.395. The molecule has 1 N–H and O–H groups in total. The van der Waals surface area contributed by atoms with Gasteiger partial charge in [-0.1, -0.05) is 23.7 Å². The number of hydrogen-bond acceptors (Lipinski definition) is 7. The molecule has 1 atom stereocenters. The maximum absolute atomic E-state index is 14.2. The average molecular weight is 474 g/mol. The van der Waals surface area contributed by atoms with E-state index in [1.165, 1.54) is 36.3 Å². The van der Waals surface area contributed by atoms with E-state index in [0.29, 0.717) is 48.4 Å². The van der Waals surface area contributed by atoms with Gasteiger partial charge in [-0.3, -0.25) is 18.8 Å². The summed E-state index contributed by atoms with van der Waals surface area (Å²) in [5.41, 5.74) is 0.983. The van der Waals surface area contributed by atoms with Crippen LogP contribution in [0.3, 0.4) is 0 Å². The van der Waals surface area contributed by atoms with Crippen molar-refractivity contribution in [2.75, 3.05) is 26.2 Å². The van der Waals surface area contributed by atoms with Gasteiger partial charge in [0.05, 0.1) is 36.4 Å². The van der Waals surface area contributed by atoms with Crippen LogP contribution in [-0.4, -0.2) is 63.5 Å². The third-order valence-corrected chi connectivity index (χ3v) is 6.78. The first kappa shape index (κ1) is 23.0. The predicted molar refractivity (Wildman–Crippen MR) is 113 cm³/mol. The molecule has 0 saturated carbocycles. The number of carboxylic acid groups (broad SMARTS) is 1. The lowest BCUT2D eigenvalue weighted by molar-refractivity contribution is -0.136. The Labute approximate surface area is 186 Å². The molecule has 0 aliphatic carbocycles. The van der Waals surface area contributed by atoms with Gasteiger partial charge in [-0.25, -0.2) is 9.37 Å². The summed E-state index contributed by atoms with van der Waals surface area (Å²) in [7, 11) is 0. The number of thiazole rings is 1. The van der Waals surface area contributed by atoms with Crippen LogP contribution in [0.25, 0.3) is 0 Å². The fraction of sp³-hybridized carbons (Fsp3) is 0.421. The van der Waals surface area contributed by atoms with E-state index in [2.05, 4.69) is 9.88 Å². The topological polar surface area (TPSA) is 83.0 Å². The van der Waals surface area contributed by atoms with E-state index < -0.39 is 11.8 Å². The largest absolute Gasteiger partial charge is 0.481 e. The molecular formula is C19H21ClFN3O4S2. The van der Waals surface area contributed by atoms with Crippen molar-refractivity contribution >= 4 is 46.8 Å². The van der Waals surface area contributed by atoms with Gasteiger partial charge in [0.1, 0.15) is 5.82 Å². The molecule has 1 saturated heterocycles. The predicted octanol–water partition coefficient (Wildman–Crippen LogP) is 3.32. The molecule has 0 radical (unpaired) electrons. The van der Waals surface area contributed by atoms with Crippen molar-refractivity contribution in [1.29, 1.82) is 0 Å². The zero-order chi connectivity index (χ0) is 21.7. The molecule has 1 aliphatic rings. The Bertz CT molecular complexity index is 914.